The van der Waals surface area contributed by atoms with Gasteiger partial charge in [0.25, 0.3) is 0 Å². The quantitative estimate of drug-likeness (QED) is 0.798. The Morgan fingerprint density at radius 1 is 1.00 bits per heavy atom. The van der Waals surface area contributed by atoms with E-state index in [9.17, 15) is 13.2 Å². The maximum absolute atomic E-state index is 12.5. The molecule has 0 fully saturated rings. The third-order valence-corrected chi connectivity index (χ3v) is 6.40. The van der Waals surface area contributed by atoms with Gasteiger partial charge in [-0.3, -0.25) is 4.79 Å². The standard InChI is InChI=1S/C21H26N2O3S/c1-15-7-8-16(2)20(13-15)23-21(24)11-12-22-27(25,26)19-10-9-17-5-3-4-6-18(17)14-19/h7-10,13-14,22H,3-6,11-12H2,1-2H3,(H,23,24). The molecule has 0 radical (unpaired) electrons. The lowest BCUT2D eigenvalue weighted by atomic mass is 9.92. The van der Waals surface area contributed by atoms with Crippen molar-refractivity contribution in [1.82, 2.24) is 4.72 Å². The summed E-state index contributed by atoms with van der Waals surface area (Å²) in [6.45, 7) is 3.95. The molecule has 0 saturated heterocycles. The Hall–Kier alpha value is -2.18. The first-order valence-corrected chi connectivity index (χ1v) is 10.8. The molecule has 5 nitrogen and oxygen atoms in total. The second-order valence-electron chi connectivity index (χ2n) is 7.15. The van der Waals surface area contributed by atoms with Crippen molar-refractivity contribution in [3.05, 3.63) is 58.7 Å². The lowest BCUT2D eigenvalue weighted by molar-refractivity contribution is -0.116. The minimum atomic E-state index is -3.61. The van der Waals surface area contributed by atoms with Crippen molar-refractivity contribution in [1.29, 1.82) is 0 Å². The lowest BCUT2D eigenvalue weighted by Crippen LogP contribution is -2.28. The molecule has 0 bridgehead atoms. The van der Waals surface area contributed by atoms with E-state index in [1.54, 1.807) is 12.1 Å². The molecule has 0 atom stereocenters. The molecule has 2 aromatic rings. The lowest BCUT2D eigenvalue weighted by Gasteiger charge is -2.16. The van der Waals surface area contributed by atoms with Crippen LogP contribution in [-0.4, -0.2) is 20.9 Å². The second-order valence-corrected chi connectivity index (χ2v) is 8.92. The summed E-state index contributed by atoms with van der Waals surface area (Å²) in [6.07, 6.45) is 4.28. The van der Waals surface area contributed by atoms with Gasteiger partial charge >= 0.3 is 0 Å². The first kappa shape index (κ1) is 19.6. The van der Waals surface area contributed by atoms with Gasteiger partial charge in [0.2, 0.25) is 15.9 Å². The second kappa shape index (κ2) is 8.23. The van der Waals surface area contributed by atoms with Crippen LogP contribution >= 0.6 is 0 Å². The fraction of sp³-hybridized carbons (Fsp3) is 0.381. The summed E-state index contributed by atoms with van der Waals surface area (Å²) in [5.41, 5.74) is 5.16. The number of nitrogens with one attached hydrogen (secondary N) is 2. The fourth-order valence-corrected chi connectivity index (χ4v) is 4.42. The van der Waals surface area contributed by atoms with E-state index >= 15 is 0 Å². The molecule has 2 aromatic carbocycles. The summed E-state index contributed by atoms with van der Waals surface area (Å²) in [6, 6.07) is 11.2. The SMILES string of the molecule is Cc1ccc(C)c(NC(=O)CCNS(=O)(=O)c2ccc3c(c2)CCCC3)c1. The van der Waals surface area contributed by atoms with Crippen LogP contribution in [0.1, 0.15) is 41.5 Å². The van der Waals surface area contributed by atoms with E-state index in [-0.39, 0.29) is 23.8 Å². The van der Waals surface area contributed by atoms with Crippen molar-refractivity contribution in [2.24, 2.45) is 0 Å². The fourth-order valence-electron chi connectivity index (χ4n) is 3.34. The molecule has 0 heterocycles. The molecular weight excluding hydrogens is 360 g/mol. The van der Waals surface area contributed by atoms with Crippen LogP contribution in [0.3, 0.4) is 0 Å². The summed E-state index contributed by atoms with van der Waals surface area (Å²) in [4.78, 5) is 12.4. The summed E-state index contributed by atoms with van der Waals surface area (Å²) < 4.78 is 27.6. The minimum Gasteiger partial charge on any atom is -0.326 e. The van der Waals surface area contributed by atoms with Crippen LogP contribution in [0.25, 0.3) is 0 Å². The Morgan fingerprint density at radius 2 is 1.74 bits per heavy atom. The molecule has 144 valence electrons. The predicted octanol–water partition coefficient (Wildman–Crippen LogP) is 3.49. The van der Waals surface area contributed by atoms with Crippen molar-refractivity contribution in [2.75, 3.05) is 11.9 Å². The molecule has 1 amide bonds. The summed E-state index contributed by atoms with van der Waals surface area (Å²) in [5, 5.41) is 2.84. The van der Waals surface area contributed by atoms with Gasteiger partial charge in [-0.2, -0.15) is 0 Å². The Bertz CT molecular complexity index is 952. The van der Waals surface area contributed by atoms with Crippen LogP contribution < -0.4 is 10.0 Å². The molecule has 0 spiro atoms. The normalized spacial score (nSPS) is 13.9. The molecule has 0 unspecified atom stereocenters. The molecular formula is C21H26N2O3S. The Kier molecular flexibility index (Phi) is 5.97. The maximum atomic E-state index is 12.5. The molecule has 1 aliphatic rings. The maximum Gasteiger partial charge on any atom is 0.240 e. The third kappa shape index (κ3) is 4.96. The van der Waals surface area contributed by atoms with Crippen LogP contribution in [0.4, 0.5) is 5.69 Å². The highest BCUT2D eigenvalue weighted by atomic mass is 32.2. The Balaban J connectivity index is 1.57. The summed E-state index contributed by atoms with van der Waals surface area (Å²) >= 11 is 0. The molecule has 0 aromatic heterocycles. The van der Waals surface area contributed by atoms with Crippen molar-refractivity contribution in [3.8, 4) is 0 Å². The van der Waals surface area contributed by atoms with Crippen molar-refractivity contribution < 1.29 is 13.2 Å². The number of fused-ring (bicyclic) bond motifs is 1. The Morgan fingerprint density at radius 3 is 2.52 bits per heavy atom. The molecule has 0 saturated carbocycles. The number of aryl methyl sites for hydroxylation is 4. The van der Waals surface area contributed by atoms with Gasteiger partial charge in [0.05, 0.1) is 4.90 Å². The van der Waals surface area contributed by atoms with Gasteiger partial charge in [-0.1, -0.05) is 18.2 Å². The smallest absolute Gasteiger partial charge is 0.240 e. The molecule has 2 N–H and O–H groups in total. The zero-order chi connectivity index (χ0) is 19.4. The van der Waals surface area contributed by atoms with Crippen molar-refractivity contribution in [2.45, 2.75) is 50.8 Å². The average molecular weight is 387 g/mol. The summed E-state index contributed by atoms with van der Waals surface area (Å²) in [7, 11) is -3.61. The zero-order valence-corrected chi connectivity index (χ0v) is 16.7. The van der Waals surface area contributed by atoms with Crippen LogP contribution in [0.2, 0.25) is 0 Å². The van der Waals surface area contributed by atoms with E-state index in [1.165, 1.54) is 5.56 Å². The van der Waals surface area contributed by atoms with Gasteiger partial charge in [-0.25, -0.2) is 13.1 Å². The van der Waals surface area contributed by atoms with E-state index in [2.05, 4.69) is 10.0 Å². The van der Waals surface area contributed by atoms with Gasteiger partial charge in [-0.05, 0) is 80.0 Å². The monoisotopic (exact) mass is 386 g/mol. The van der Waals surface area contributed by atoms with E-state index in [1.807, 2.05) is 38.1 Å². The average Bonchev–Trinajstić information content (AvgIpc) is 2.64. The molecule has 1 aliphatic carbocycles. The van der Waals surface area contributed by atoms with Crippen LogP contribution in [0, 0.1) is 13.8 Å². The number of rotatable bonds is 6. The van der Waals surface area contributed by atoms with Gasteiger partial charge < -0.3 is 5.32 Å². The van der Waals surface area contributed by atoms with E-state index in [0.717, 1.165) is 48.1 Å². The Labute approximate surface area is 161 Å². The number of carbonyl (C=O) groups is 1. The molecule has 0 aliphatic heterocycles. The number of amides is 1. The highest BCUT2D eigenvalue weighted by Crippen LogP contribution is 2.24. The van der Waals surface area contributed by atoms with Crippen molar-refractivity contribution >= 4 is 21.6 Å². The number of sulfonamides is 1. The van der Waals surface area contributed by atoms with E-state index < -0.39 is 10.0 Å². The third-order valence-electron chi connectivity index (χ3n) is 4.94. The van der Waals surface area contributed by atoms with E-state index in [0.29, 0.717) is 0 Å². The molecule has 3 rings (SSSR count). The topological polar surface area (TPSA) is 75.3 Å². The van der Waals surface area contributed by atoms with Crippen LogP contribution in [-0.2, 0) is 27.7 Å². The predicted molar refractivity (Wildman–Crippen MR) is 107 cm³/mol. The first-order chi connectivity index (χ1) is 12.8. The van der Waals surface area contributed by atoms with Crippen LogP contribution in [0.5, 0.6) is 0 Å². The molecule has 6 heteroatoms. The highest BCUT2D eigenvalue weighted by molar-refractivity contribution is 7.89. The number of hydrogen-bond donors (Lipinski definition) is 2. The summed E-state index contributed by atoms with van der Waals surface area (Å²) in [5.74, 6) is -0.211. The largest absolute Gasteiger partial charge is 0.326 e. The van der Waals surface area contributed by atoms with Gasteiger partial charge in [-0.15, -0.1) is 0 Å². The van der Waals surface area contributed by atoms with Gasteiger partial charge in [0, 0.05) is 18.7 Å². The number of benzene rings is 2. The zero-order valence-electron chi connectivity index (χ0n) is 15.8. The first-order valence-electron chi connectivity index (χ1n) is 9.34. The highest BCUT2D eigenvalue weighted by Gasteiger charge is 2.18. The number of anilines is 1. The van der Waals surface area contributed by atoms with Gasteiger partial charge in [0.1, 0.15) is 0 Å². The minimum absolute atomic E-state index is 0.0656. The van der Waals surface area contributed by atoms with E-state index in [4.69, 9.17) is 0 Å². The van der Waals surface area contributed by atoms with Crippen LogP contribution in [0.15, 0.2) is 41.3 Å². The number of carbonyl (C=O) groups excluding carboxylic acids is 1. The molecule has 27 heavy (non-hydrogen) atoms. The van der Waals surface area contributed by atoms with Gasteiger partial charge in [0.15, 0.2) is 0 Å². The van der Waals surface area contributed by atoms with Crippen molar-refractivity contribution in [3.63, 3.8) is 0 Å². The number of hydrogen-bond acceptors (Lipinski definition) is 3.